The van der Waals surface area contributed by atoms with Gasteiger partial charge < -0.3 is 14.5 Å². The largest absolute Gasteiger partial charge is 0.475 e. The highest BCUT2D eigenvalue weighted by atomic mass is 32.2. The van der Waals surface area contributed by atoms with Gasteiger partial charge in [-0.05, 0) is 67.3 Å². The Balaban J connectivity index is 1.62. The summed E-state index contributed by atoms with van der Waals surface area (Å²) < 4.78 is 36.3. The van der Waals surface area contributed by atoms with E-state index in [0.717, 1.165) is 29.7 Å². The fraction of sp³-hybridized carbons (Fsp3) is 0.432. The molecule has 2 aromatic carbocycles. The van der Waals surface area contributed by atoms with Crippen molar-refractivity contribution in [2.45, 2.75) is 78.8 Å². The first kappa shape index (κ1) is 35.7. The Kier molecular flexibility index (Phi) is 10.6. The van der Waals surface area contributed by atoms with Crippen molar-refractivity contribution in [3.63, 3.8) is 0 Å². The van der Waals surface area contributed by atoms with E-state index < -0.39 is 16.1 Å². The molecule has 49 heavy (non-hydrogen) atoms. The number of nitrogens with one attached hydrogen (secondary N) is 1. The molecule has 1 amide bonds. The Morgan fingerprint density at radius 2 is 1.73 bits per heavy atom. The molecule has 1 aliphatic rings. The number of hydrogen-bond donors (Lipinski definition) is 1. The second-order valence-electron chi connectivity index (χ2n) is 14.5. The predicted octanol–water partition coefficient (Wildman–Crippen LogP) is 6.67. The number of rotatable bonds is 8. The predicted molar refractivity (Wildman–Crippen MR) is 192 cm³/mol. The first-order valence-corrected chi connectivity index (χ1v) is 18.1. The van der Waals surface area contributed by atoms with Gasteiger partial charge in [0.25, 0.3) is 15.9 Å². The van der Waals surface area contributed by atoms with Crippen LogP contribution < -0.4 is 14.4 Å². The van der Waals surface area contributed by atoms with Crippen molar-refractivity contribution >= 4 is 27.7 Å². The highest BCUT2D eigenvalue weighted by Gasteiger charge is 2.29. The van der Waals surface area contributed by atoms with Crippen LogP contribution in [-0.2, 0) is 16.6 Å². The number of carbonyl (C=O) groups excluding carboxylic acids is 1. The topological polar surface area (TPSA) is 131 Å². The molecule has 0 unspecified atom stereocenters. The average molecular weight is 686 g/mol. The Bertz CT molecular complexity index is 1900. The minimum atomic E-state index is -4.17. The lowest BCUT2D eigenvalue weighted by atomic mass is 9.96. The summed E-state index contributed by atoms with van der Waals surface area (Å²) in [5.74, 6) is 0.817. The molecule has 4 bridgehead atoms. The van der Waals surface area contributed by atoms with Gasteiger partial charge in [0.2, 0.25) is 11.8 Å². The van der Waals surface area contributed by atoms with Gasteiger partial charge in [-0.2, -0.15) is 4.98 Å². The molecule has 1 aliphatic heterocycles. The van der Waals surface area contributed by atoms with E-state index in [4.69, 9.17) is 9.72 Å². The van der Waals surface area contributed by atoms with Gasteiger partial charge in [-0.15, -0.1) is 0 Å². The average Bonchev–Trinajstić information content (AvgIpc) is 3.02. The minimum Gasteiger partial charge on any atom is -0.475 e. The van der Waals surface area contributed by atoms with Gasteiger partial charge in [0.15, 0.2) is 0 Å². The molecule has 4 aromatic rings. The molecule has 0 fully saturated rings. The quantitative estimate of drug-likeness (QED) is 0.216. The molecule has 0 spiro atoms. The number of benzene rings is 2. The standard InChI is InChI=1S/C37H47N7O4S/c1-24(2)15-16-29-22-48-33-18-31(34-25(3)11-9-12-26(34)4)40-36(41-33)42-49(46,47)30-14-10-13-27(17-30)35(45)44(29)21-28-19-38-20-32(39-28)43(8)23-37(5,6)7/h9-14,17-20,24,29H,15-16,21-23H2,1-8H3,(H,40,41,42)/t29-/m1/s1. The molecule has 0 saturated heterocycles. The summed E-state index contributed by atoms with van der Waals surface area (Å²) in [6.07, 6.45) is 4.86. The number of fused-ring (bicyclic) bond motifs is 4. The third-order valence-electron chi connectivity index (χ3n) is 8.37. The maximum absolute atomic E-state index is 14.5. The second kappa shape index (κ2) is 14.5. The van der Waals surface area contributed by atoms with Gasteiger partial charge in [-0.3, -0.25) is 9.78 Å². The van der Waals surface area contributed by atoms with Crippen LogP contribution >= 0.6 is 0 Å². The molecule has 12 heteroatoms. The highest BCUT2D eigenvalue weighted by molar-refractivity contribution is 7.92. The van der Waals surface area contributed by atoms with E-state index in [1.165, 1.54) is 12.1 Å². The van der Waals surface area contributed by atoms with E-state index in [1.54, 1.807) is 35.5 Å². The molecule has 5 rings (SSSR count). The van der Waals surface area contributed by atoms with Gasteiger partial charge >= 0.3 is 0 Å². The zero-order chi connectivity index (χ0) is 35.5. The second-order valence-corrected chi connectivity index (χ2v) is 16.2. The lowest BCUT2D eigenvalue weighted by Gasteiger charge is -2.32. The molecular formula is C37H47N7O4S. The summed E-state index contributed by atoms with van der Waals surface area (Å²) in [6, 6.07) is 13.3. The summed E-state index contributed by atoms with van der Waals surface area (Å²) >= 11 is 0. The summed E-state index contributed by atoms with van der Waals surface area (Å²) in [5, 5.41) is 0. The first-order chi connectivity index (χ1) is 23.1. The Morgan fingerprint density at radius 1 is 1.02 bits per heavy atom. The molecule has 3 heterocycles. The zero-order valence-electron chi connectivity index (χ0n) is 29.7. The lowest BCUT2D eigenvalue weighted by Crippen LogP contribution is -2.44. The summed E-state index contributed by atoms with van der Waals surface area (Å²) in [4.78, 5) is 36.6. The number of ether oxygens (including phenoxy) is 1. The van der Waals surface area contributed by atoms with Crippen LogP contribution in [0.3, 0.4) is 0 Å². The number of amides is 1. The summed E-state index contributed by atoms with van der Waals surface area (Å²) in [6.45, 7) is 15.7. The fourth-order valence-electron chi connectivity index (χ4n) is 6.06. The van der Waals surface area contributed by atoms with Crippen molar-refractivity contribution in [1.82, 2.24) is 24.8 Å². The van der Waals surface area contributed by atoms with Crippen molar-refractivity contribution in [3.05, 3.63) is 83.3 Å². The van der Waals surface area contributed by atoms with Gasteiger partial charge in [0.1, 0.15) is 12.4 Å². The van der Waals surface area contributed by atoms with Crippen LogP contribution in [0.25, 0.3) is 11.3 Å². The molecule has 260 valence electrons. The van der Waals surface area contributed by atoms with Crippen molar-refractivity contribution in [2.75, 3.05) is 29.8 Å². The Hall–Kier alpha value is -4.58. The van der Waals surface area contributed by atoms with Gasteiger partial charge in [0.05, 0.1) is 41.3 Å². The van der Waals surface area contributed by atoms with Gasteiger partial charge in [0, 0.05) is 30.8 Å². The molecule has 0 radical (unpaired) electrons. The third kappa shape index (κ3) is 8.91. The van der Waals surface area contributed by atoms with Crippen LogP contribution in [0.4, 0.5) is 11.8 Å². The summed E-state index contributed by atoms with van der Waals surface area (Å²) in [5.41, 5.74) is 4.23. The van der Waals surface area contributed by atoms with Crippen LogP contribution in [0.1, 0.15) is 74.6 Å². The number of sulfonamides is 1. The lowest BCUT2D eigenvalue weighted by molar-refractivity contribution is 0.0561. The molecule has 1 N–H and O–H groups in total. The molecule has 0 saturated carbocycles. The first-order valence-electron chi connectivity index (χ1n) is 16.6. The smallest absolute Gasteiger partial charge is 0.264 e. The van der Waals surface area contributed by atoms with E-state index in [9.17, 15) is 13.2 Å². The van der Waals surface area contributed by atoms with Crippen molar-refractivity contribution < 1.29 is 17.9 Å². The summed E-state index contributed by atoms with van der Waals surface area (Å²) in [7, 11) is -2.19. The molecule has 1 atom stereocenters. The zero-order valence-corrected chi connectivity index (χ0v) is 30.5. The van der Waals surface area contributed by atoms with Gasteiger partial charge in [-0.1, -0.05) is 58.9 Å². The van der Waals surface area contributed by atoms with Crippen LogP contribution in [-0.4, -0.2) is 65.4 Å². The highest BCUT2D eigenvalue weighted by Crippen LogP contribution is 2.31. The van der Waals surface area contributed by atoms with Crippen LogP contribution in [0.2, 0.25) is 0 Å². The molecule has 0 aliphatic carbocycles. The normalized spacial score (nSPS) is 16.2. The van der Waals surface area contributed by atoms with E-state index in [2.05, 4.69) is 59.2 Å². The third-order valence-corrected chi connectivity index (χ3v) is 9.69. The van der Waals surface area contributed by atoms with E-state index >= 15 is 0 Å². The number of nitrogens with zero attached hydrogens (tertiary/aromatic N) is 6. The van der Waals surface area contributed by atoms with Crippen molar-refractivity contribution in [2.24, 2.45) is 11.3 Å². The van der Waals surface area contributed by atoms with Crippen LogP contribution in [0.5, 0.6) is 5.88 Å². The van der Waals surface area contributed by atoms with Crippen LogP contribution in [0, 0.1) is 25.2 Å². The molecular weight excluding hydrogens is 639 g/mol. The van der Waals surface area contributed by atoms with Crippen LogP contribution in [0.15, 0.2) is 65.8 Å². The monoisotopic (exact) mass is 685 g/mol. The number of hydrogen-bond acceptors (Lipinski definition) is 9. The fourth-order valence-corrected chi connectivity index (χ4v) is 7.05. The number of carbonyl (C=O) groups is 1. The molecule has 2 aromatic heterocycles. The maximum atomic E-state index is 14.5. The van der Waals surface area contributed by atoms with E-state index in [-0.39, 0.29) is 46.8 Å². The minimum absolute atomic E-state index is 0.0379. The van der Waals surface area contributed by atoms with Crippen molar-refractivity contribution in [3.8, 4) is 17.1 Å². The number of anilines is 2. The number of aryl methyl sites for hydroxylation is 2. The molecule has 11 nitrogen and oxygen atoms in total. The van der Waals surface area contributed by atoms with E-state index in [0.29, 0.717) is 29.5 Å². The Labute approximate surface area is 290 Å². The number of aromatic nitrogens is 4. The SMILES string of the molecule is Cc1cccc(C)c1-c1cc2nc(n1)NS(=O)(=O)c1cccc(c1)C(=O)N(Cc1cncc(N(C)CC(C)(C)C)n1)[C@H](CCC(C)C)CO2. The maximum Gasteiger partial charge on any atom is 0.264 e. The Morgan fingerprint density at radius 3 is 2.43 bits per heavy atom. The van der Waals surface area contributed by atoms with Gasteiger partial charge in [-0.25, -0.2) is 23.1 Å². The van der Waals surface area contributed by atoms with E-state index in [1.807, 2.05) is 39.1 Å². The van der Waals surface area contributed by atoms with Crippen molar-refractivity contribution in [1.29, 1.82) is 0 Å².